The van der Waals surface area contributed by atoms with Crippen LogP contribution in [0.2, 0.25) is 0 Å². The normalized spacial score (nSPS) is 17.1. The first-order valence-corrected chi connectivity index (χ1v) is 6.72. The van der Waals surface area contributed by atoms with Crippen LogP contribution in [0.1, 0.15) is 49.9 Å². The van der Waals surface area contributed by atoms with Gasteiger partial charge in [-0.1, -0.05) is 30.1 Å². The molecule has 7 heteroatoms. The van der Waals surface area contributed by atoms with E-state index in [2.05, 4.69) is 15.3 Å². The van der Waals surface area contributed by atoms with Crippen LogP contribution in [0.4, 0.5) is 0 Å². The molecule has 110 valence electrons. The molecule has 0 unspecified atom stereocenters. The number of hydrogen-bond donors (Lipinski definition) is 1. The number of aromatic nitrogens is 3. The Balaban J connectivity index is 0.00000147. The first-order chi connectivity index (χ1) is 9.14. The van der Waals surface area contributed by atoms with Crippen LogP contribution in [0, 0.1) is 6.92 Å². The summed E-state index contributed by atoms with van der Waals surface area (Å²) in [6.45, 7) is 3.86. The second-order valence-electron chi connectivity index (χ2n) is 5.20. The van der Waals surface area contributed by atoms with E-state index in [9.17, 15) is 0 Å². The minimum Gasteiger partial charge on any atom is -0.361 e. The number of nitrogens with zero attached hydrogens (tertiary/aromatic N) is 3. The summed E-state index contributed by atoms with van der Waals surface area (Å²) >= 11 is 0. The summed E-state index contributed by atoms with van der Waals surface area (Å²) in [6, 6.07) is 0. The van der Waals surface area contributed by atoms with E-state index in [0.717, 1.165) is 43.4 Å². The highest BCUT2D eigenvalue weighted by Crippen LogP contribution is 2.36. The average Bonchev–Trinajstić information content (AvgIpc) is 3.08. The number of hydrogen-bond acceptors (Lipinski definition) is 6. The summed E-state index contributed by atoms with van der Waals surface area (Å²) < 4.78 is 10.6. The molecule has 0 atom stereocenters. The third kappa shape index (κ3) is 2.33. The summed E-state index contributed by atoms with van der Waals surface area (Å²) in [5.74, 6) is 1.76. The monoisotopic (exact) mass is 298 g/mol. The highest BCUT2D eigenvalue weighted by atomic mass is 35.5. The second kappa shape index (κ2) is 5.54. The highest BCUT2D eigenvalue weighted by molar-refractivity contribution is 5.85. The first-order valence-electron chi connectivity index (χ1n) is 6.72. The maximum atomic E-state index is 6.33. The standard InChI is InChI=1S/C13H18N4O2.ClH/c1-3-9-10(8(2)18-16-9)11-15-12(17-19-11)13(14)6-4-5-7-13;/h3-7,14H2,1-2H3;1H. The van der Waals surface area contributed by atoms with Crippen LogP contribution in [0.25, 0.3) is 11.5 Å². The quantitative estimate of drug-likeness (QED) is 0.937. The Morgan fingerprint density at radius 2 is 1.90 bits per heavy atom. The second-order valence-corrected chi connectivity index (χ2v) is 5.20. The molecule has 0 radical (unpaired) electrons. The molecule has 6 nitrogen and oxygen atoms in total. The number of nitrogens with two attached hydrogens (primary N) is 1. The molecule has 1 aliphatic rings. The SMILES string of the molecule is CCc1noc(C)c1-c1nc(C2(N)CCCC2)no1.Cl. The van der Waals surface area contributed by atoms with Crippen molar-refractivity contribution in [3.63, 3.8) is 0 Å². The molecule has 2 N–H and O–H groups in total. The van der Waals surface area contributed by atoms with Gasteiger partial charge in [-0.05, 0) is 26.2 Å². The van der Waals surface area contributed by atoms with Crippen molar-refractivity contribution in [1.82, 2.24) is 15.3 Å². The summed E-state index contributed by atoms with van der Waals surface area (Å²) in [4.78, 5) is 4.47. The fourth-order valence-electron chi connectivity index (χ4n) is 2.69. The van der Waals surface area contributed by atoms with Crippen LogP contribution < -0.4 is 5.73 Å². The molecular formula is C13H19ClN4O2. The minimum absolute atomic E-state index is 0. The third-order valence-electron chi connectivity index (χ3n) is 3.85. The van der Waals surface area contributed by atoms with Crippen LogP contribution in [-0.2, 0) is 12.0 Å². The van der Waals surface area contributed by atoms with Crippen molar-refractivity contribution in [2.24, 2.45) is 5.73 Å². The maximum absolute atomic E-state index is 6.33. The summed E-state index contributed by atoms with van der Waals surface area (Å²) in [7, 11) is 0. The fraction of sp³-hybridized carbons (Fsp3) is 0.615. The van der Waals surface area contributed by atoms with Crippen molar-refractivity contribution < 1.29 is 9.05 Å². The molecule has 0 amide bonds. The molecule has 0 saturated heterocycles. The van der Waals surface area contributed by atoms with Crippen LogP contribution in [0.5, 0.6) is 0 Å². The smallest absolute Gasteiger partial charge is 0.263 e. The number of halogens is 1. The lowest BCUT2D eigenvalue weighted by atomic mass is 9.98. The number of rotatable bonds is 3. The third-order valence-corrected chi connectivity index (χ3v) is 3.85. The zero-order valence-corrected chi connectivity index (χ0v) is 12.5. The molecule has 2 aromatic rings. The van der Waals surface area contributed by atoms with Gasteiger partial charge in [0.25, 0.3) is 5.89 Å². The van der Waals surface area contributed by atoms with Gasteiger partial charge in [-0.2, -0.15) is 4.98 Å². The van der Waals surface area contributed by atoms with Crippen molar-refractivity contribution in [2.75, 3.05) is 0 Å². The van der Waals surface area contributed by atoms with Gasteiger partial charge >= 0.3 is 0 Å². The Morgan fingerprint density at radius 3 is 2.55 bits per heavy atom. The summed E-state index contributed by atoms with van der Waals surface area (Å²) in [6.07, 6.45) is 4.82. The van der Waals surface area contributed by atoms with Gasteiger partial charge in [-0.3, -0.25) is 0 Å². The predicted molar refractivity (Wildman–Crippen MR) is 75.5 cm³/mol. The van der Waals surface area contributed by atoms with E-state index in [-0.39, 0.29) is 12.4 Å². The van der Waals surface area contributed by atoms with Gasteiger partial charge in [0.15, 0.2) is 5.82 Å². The van der Waals surface area contributed by atoms with Gasteiger partial charge in [-0.15, -0.1) is 12.4 Å². The van der Waals surface area contributed by atoms with Gasteiger partial charge in [0.05, 0.1) is 11.2 Å². The Labute approximate surface area is 123 Å². The van der Waals surface area contributed by atoms with E-state index in [1.165, 1.54) is 0 Å². The van der Waals surface area contributed by atoms with Crippen molar-refractivity contribution in [1.29, 1.82) is 0 Å². The zero-order valence-electron chi connectivity index (χ0n) is 11.7. The largest absolute Gasteiger partial charge is 0.361 e. The molecule has 0 aromatic carbocycles. The van der Waals surface area contributed by atoms with E-state index in [1.807, 2.05) is 13.8 Å². The van der Waals surface area contributed by atoms with Gasteiger partial charge in [0.2, 0.25) is 0 Å². The van der Waals surface area contributed by atoms with Crippen LogP contribution in [0.15, 0.2) is 9.05 Å². The lowest BCUT2D eigenvalue weighted by Gasteiger charge is -2.17. The Bertz CT molecular complexity index is 587. The zero-order chi connectivity index (χ0) is 13.5. The van der Waals surface area contributed by atoms with Crippen LogP contribution in [0.3, 0.4) is 0 Å². The molecule has 3 rings (SSSR count). The van der Waals surface area contributed by atoms with Crippen molar-refractivity contribution in [3.05, 3.63) is 17.3 Å². The summed E-state index contributed by atoms with van der Waals surface area (Å²) in [5, 5.41) is 8.06. The van der Waals surface area contributed by atoms with Crippen molar-refractivity contribution >= 4 is 12.4 Å². The van der Waals surface area contributed by atoms with Crippen molar-refractivity contribution in [3.8, 4) is 11.5 Å². The van der Waals surface area contributed by atoms with E-state index >= 15 is 0 Å². The van der Waals surface area contributed by atoms with Crippen molar-refractivity contribution in [2.45, 2.75) is 51.5 Å². The lowest BCUT2D eigenvalue weighted by Crippen LogP contribution is -2.34. The fourth-order valence-corrected chi connectivity index (χ4v) is 2.69. The molecule has 2 aromatic heterocycles. The lowest BCUT2D eigenvalue weighted by molar-refractivity contribution is 0.371. The molecule has 20 heavy (non-hydrogen) atoms. The molecular weight excluding hydrogens is 280 g/mol. The minimum atomic E-state index is -0.431. The molecule has 1 aliphatic carbocycles. The molecule has 1 saturated carbocycles. The predicted octanol–water partition coefficient (Wildman–Crippen LogP) is 2.75. The molecule has 0 bridgehead atoms. The highest BCUT2D eigenvalue weighted by Gasteiger charge is 2.36. The maximum Gasteiger partial charge on any atom is 0.263 e. The first kappa shape index (κ1) is 15.0. The van der Waals surface area contributed by atoms with Gasteiger partial charge < -0.3 is 14.8 Å². The molecule has 2 heterocycles. The van der Waals surface area contributed by atoms with E-state index in [0.29, 0.717) is 17.5 Å². The number of aryl methyl sites for hydroxylation is 2. The van der Waals surface area contributed by atoms with E-state index in [4.69, 9.17) is 14.8 Å². The Kier molecular flexibility index (Phi) is 4.15. The van der Waals surface area contributed by atoms with Gasteiger partial charge in [0, 0.05) is 0 Å². The topological polar surface area (TPSA) is 91.0 Å². The summed E-state index contributed by atoms with van der Waals surface area (Å²) in [5.41, 5.74) is 7.55. The molecule has 0 aliphatic heterocycles. The molecule has 0 spiro atoms. The van der Waals surface area contributed by atoms with E-state index in [1.54, 1.807) is 0 Å². The van der Waals surface area contributed by atoms with Gasteiger partial charge in [0.1, 0.15) is 11.3 Å². The van der Waals surface area contributed by atoms with E-state index < -0.39 is 5.54 Å². The van der Waals surface area contributed by atoms with Crippen LogP contribution in [-0.4, -0.2) is 15.3 Å². The van der Waals surface area contributed by atoms with Crippen LogP contribution >= 0.6 is 12.4 Å². The molecule has 1 fully saturated rings. The Morgan fingerprint density at radius 1 is 1.20 bits per heavy atom. The van der Waals surface area contributed by atoms with Gasteiger partial charge in [-0.25, -0.2) is 0 Å². The average molecular weight is 299 g/mol. The Hall–Kier alpha value is -1.40.